The van der Waals surface area contributed by atoms with Gasteiger partial charge in [0.1, 0.15) is 0 Å². The Morgan fingerprint density at radius 3 is 2.50 bits per heavy atom. The third-order valence-corrected chi connectivity index (χ3v) is 5.20. The summed E-state index contributed by atoms with van der Waals surface area (Å²) in [5.41, 5.74) is 6.16. The van der Waals surface area contributed by atoms with E-state index in [0.29, 0.717) is 19.5 Å². The van der Waals surface area contributed by atoms with Crippen molar-refractivity contribution >= 4 is 26.5 Å². The highest BCUT2D eigenvalue weighted by atomic mass is 32.2. The Morgan fingerprint density at radius 1 is 1.10 bits per heavy atom. The van der Waals surface area contributed by atoms with Crippen LogP contribution in [0.25, 0.3) is 10.8 Å². The molecule has 0 saturated heterocycles. The van der Waals surface area contributed by atoms with E-state index in [1.54, 1.807) is 0 Å². The molecular formula is C15H20N2O2S. The maximum absolute atomic E-state index is 12.4. The van der Waals surface area contributed by atoms with E-state index >= 15 is 0 Å². The molecule has 2 aromatic rings. The zero-order valence-corrected chi connectivity index (χ0v) is 12.4. The number of nitrogens with zero attached hydrogens (tertiary/aromatic N) is 1. The minimum absolute atomic E-state index is 0.0839. The van der Waals surface area contributed by atoms with Crippen LogP contribution in [-0.2, 0) is 10.0 Å². The number of hydrogen-bond donors (Lipinski definition) is 1. The SMILES string of the molecule is CCN(c1cccc2ccccc12)S(=O)(=O)CCCN. The molecule has 2 N–H and O–H groups in total. The molecule has 108 valence electrons. The van der Waals surface area contributed by atoms with E-state index in [2.05, 4.69) is 0 Å². The molecule has 0 saturated carbocycles. The Labute approximate surface area is 120 Å². The highest BCUT2D eigenvalue weighted by molar-refractivity contribution is 7.92. The average Bonchev–Trinajstić information content (AvgIpc) is 2.46. The van der Waals surface area contributed by atoms with Crippen LogP contribution in [0.5, 0.6) is 0 Å². The number of nitrogens with two attached hydrogens (primary N) is 1. The summed E-state index contributed by atoms with van der Waals surface area (Å²) in [5, 5.41) is 1.99. The molecular weight excluding hydrogens is 272 g/mol. The number of rotatable bonds is 6. The van der Waals surface area contributed by atoms with Gasteiger partial charge in [0.15, 0.2) is 0 Å². The largest absolute Gasteiger partial charge is 0.330 e. The third-order valence-electron chi connectivity index (χ3n) is 3.26. The van der Waals surface area contributed by atoms with E-state index in [1.807, 2.05) is 49.4 Å². The third kappa shape index (κ3) is 2.94. The van der Waals surface area contributed by atoms with Gasteiger partial charge >= 0.3 is 0 Å². The van der Waals surface area contributed by atoms with Crippen molar-refractivity contribution in [2.45, 2.75) is 13.3 Å². The molecule has 4 nitrogen and oxygen atoms in total. The summed E-state index contributed by atoms with van der Waals surface area (Å²) >= 11 is 0. The Kier molecular flexibility index (Phi) is 4.62. The second kappa shape index (κ2) is 6.24. The monoisotopic (exact) mass is 292 g/mol. The Balaban J connectivity index is 2.50. The van der Waals surface area contributed by atoms with Gasteiger partial charge in [-0.3, -0.25) is 4.31 Å². The lowest BCUT2D eigenvalue weighted by molar-refractivity contribution is 0.589. The van der Waals surface area contributed by atoms with Crippen LogP contribution in [0.15, 0.2) is 42.5 Å². The fraction of sp³-hybridized carbons (Fsp3) is 0.333. The lowest BCUT2D eigenvalue weighted by atomic mass is 10.1. The topological polar surface area (TPSA) is 63.4 Å². The lowest BCUT2D eigenvalue weighted by Crippen LogP contribution is -2.33. The van der Waals surface area contributed by atoms with Crippen LogP contribution >= 0.6 is 0 Å². The number of hydrogen-bond acceptors (Lipinski definition) is 3. The Hall–Kier alpha value is -1.59. The molecule has 0 fully saturated rings. The normalized spacial score (nSPS) is 11.7. The van der Waals surface area contributed by atoms with Crippen LogP contribution in [0.3, 0.4) is 0 Å². The molecule has 0 heterocycles. The summed E-state index contributed by atoms with van der Waals surface area (Å²) in [6.45, 7) is 2.65. The molecule has 0 aliphatic heterocycles. The molecule has 2 aromatic carbocycles. The average molecular weight is 292 g/mol. The van der Waals surface area contributed by atoms with Gasteiger partial charge in [-0.05, 0) is 31.3 Å². The first-order valence-corrected chi connectivity index (χ1v) is 8.39. The van der Waals surface area contributed by atoms with Crippen molar-refractivity contribution in [2.75, 3.05) is 23.1 Å². The van der Waals surface area contributed by atoms with Gasteiger partial charge in [0, 0.05) is 11.9 Å². The first-order valence-electron chi connectivity index (χ1n) is 6.78. The van der Waals surface area contributed by atoms with E-state index in [0.717, 1.165) is 16.5 Å². The van der Waals surface area contributed by atoms with Crippen LogP contribution in [-0.4, -0.2) is 27.3 Å². The molecule has 20 heavy (non-hydrogen) atoms. The van der Waals surface area contributed by atoms with Crippen molar-refractivity contribution in [2.24, 2.45) is 5.73 Å². The smallest absolute Gasteiger partial charge is 0.235 e. The van der Waals surface area contributed by atoms with Crippen LogP contribution in [0.4, 0.5) is 5.69 Å². The predicted octanol–water partition coefficient (Wildman–Crippen LogP) is 2.34. The number of sulfonamides is 1. The van der Waals surface area contributed by atoms with Crippen molar-refractivity contribution in [1.29, 1.82) is 0 Å². The fourth-order valence-corrected chi connectivity index (χ4v) is 3.92. The van der Waals surface area contributed by atoms with Gasteiger partial charge in [-0.1, -0.05) is 36.4 Å². The van der Waals surface area contributed by atoms with Gasteiger partial charge < -0.3 is 5.73 Å². The quantitative estimate of drug-likeness (QED) is 0.889. The second-order valence-corrected chi connectivity index (χ2v) is 6.63. The van der Waals surface area contributed by atoms with E-state index < -0.39 is 10.0 Å². The van der Waals surface area contributed by atoms with Gasteiger partial charge in [-0.2, -0.15) is 0 Å². The van der Waals surface area contributed by atoms with E-state index in [4.69, 9.17) is 5.73 Å². The molecule has 0 bridgehead atoms. The van der Waals surface area contributed by atoms with Crippen molar-refractivity contribution in [1.82, 2.24) is 0 Å². The molecule has 0 radical (unpaired) electrons. The summed E-state index contributed by atoms with van der Waals surface area (Å²) < 4.78 is 26.3. The first kappa shape index (κ1) is 14.8. The van der Waals surface area contributed by atoms with Crippen molar-refractivity contribution in [3.05, 3.63) is 42.5 Å². The zero-order chi connectivity index (χ0) is 14.6. The second-order valence-electron chi connectivity index (χ2n) is 4.62. The van der Waals surface area contributed by atoms with Crippen molar-refractivity contribution < 1.29 is 8.42 Å². The predicted molar refractivity (Wildman–Crippen MR) is 84.4 cm³/mol. The maximum atomic E-state index is 12.4. The van der Waals surface area contributed by atoms with Crippen LogP contribution in [0.1, 0.15) is 13.3 Å². The van der Waals surface area contributed by atoms with Gasteiger partial charge in [-0.25, -0.2) is 8.42 Å². The van der Waals surface area contributed by atoms with E-state index in [1.165, 1.54) is 4.31 Å². The molecule has 0 unspecified atom stereocenters. The number of fused-ring (bicyclic) bond motifs is 1. The van der Waals surface area contributed by atoms with Gasteiger partial charge in [-0.15, -0.1) is 0 Å². The van der Waals surface area contributed by atoms with E-state index in [-0.39, 0.29) is 5.75 Å². The minimum atomic E-state index is -3.33. The van der Waals surface area contributed by atoms with Gasteiger partial charge in [0.2, 0.25) is 10.0 Å². The summed E-state index contributed by atoms with van der Waals surface area (Å²) in [6, 6.07) is 13.5. The summed E-state index contributed by atoms with van der Waals surface area (Å²) in [7, 11) is -3.33. The van der Waals surface area contributed by atoms with Gasteiger partial charge in [0.05, 0.1) is 11.4 Å². The first-order chi connectivity index (χ1) is 9.60. The zero-order valence-electron chi connectivity index (χ0n) is 11.6. The van der Waals surface area contributed by atoms with Crippen LogP contribution < -0.4 is 10.0 Å². The van der Waals surface area contributed by atoms with Crippen LogP contribution in [0.2, 0.25) is 0 Å². The van der Waals surface area contributed by atoms with Crippen LogP contribution in [0, 0.1) is 0 Å². The molecule has 0 amide bonds. The molecule has 0 atom stereocenters. The summed E-state index contributed by atoms with van der Waals surface area (Å²) in [4.78, 5) is 0. The standard InChI is InChI=1S/C15H20N2O2S/c1-2-17(20(18,19)12-6-11-16)15-10-5-8-13-7-3-4-9-14(13)15/h3-5,7-10H,2,6,11-12,16H2,1H3. The summed E-state index contributed by atoms with van der Waals surface area (Å²) in [5.74, 6) is 0.0839. The highest BCUT2D eigenvalue weighted by Crippen LogP contribution is 2.28. The highest BCUT2D eigenvalue weighted by Gasteiger charge is 2.21. The van der Waals surface area contributed by atoms with Crippen molar-refractivity contribution in [3.8, 4) is 0 Å². The maximum Gasteiger partial charge on any atom is 0.235 e. The molecule has 0 aliphatic carbocycles. The van der Waals surface area contributed by atoms with Gasteiger partial charge in [0.25, 0.3) is 0 Å². The Morgan fingerprint density at radius 2 is 1.80 bits per heavy atom. The minimum Gasteiger partial charge on any atom is -0.330 e. The Bertz CT molecular complexity index is 678. The fourth-order valence-electron chi connectivity index (χ4n) is 2.32. The van der Waals surface area contributed by atoms with Crippen molar-refractivity contribution in [3.63, 3.8) is 0 Å². The summed E-state index contributed by atoms with van der Waals surface area (Å²) in [6.07, 6.45) is 0.476. The number of benzene rings is 2. The lowest BCUT2D eigenvalue weighted by Gasteiger charge is -2.24. The molecule has 0 spiro atoms. The number of anilines is 1. The molecule has 0 aliphatic rings. The molecule has 5 heteroatoms. The van der Waals surface area contributed by atoms with E-state index in [9.17, 15) is 8.42 Å². The molecule has 2 rings (SSSR count). The molecule has 0 aromatic heterocycles.